The van der Waals surface area contributed by atoms with Gasteiger partial charge in [0.15, 0.2) is 0 Å². The number of Topliss-reactive ketones (excluding diaryl/α,β-unsaturated/α-hetero) is 1. The van der Waals surface area contributed by atoms with Gasteiger partial charge < -0.3 is 4.74 Å². The van der Waals surface area contributed by atoms with Crippen molar-refractivity contribution in [3.63, 3.8) is 0 Å². The van der Waals surface area contributed by atoms with Gasteiger partial charge in [-0.15, -0.1) is 0 Å². The average molecular weight is 222 g/mol. The molecule has 1 aliphatic rings. The van der Waals surface area contributed by atoms with Gasteiger partial charge in [0.2, 0.25) is 5.78 Å². The van der Waals surface area contributed by atoms with Crippen molar-refractivity contribution in [1.29, 1.82) is 0 Å². The normalized spacial score (nSPS) is 19.6. The van der Waals surface area contributed by atoms with Crippen LogP contribution in [0.4, 0.5) is 0 Å². The predicted octanol–water partition coefficient (Wildman–Crippen LogP) is 1.95. The molecule has 0 spiro atoms. The molecule has 1 aromatic rings. The van der Waals surface area contributed by atoms with E-state index in [1.165, 1.54) is 6.42 Å². The Balaban J connectivity index is 2.28. The number of nitrogens with zero attached hydrogens (tertiary/aromatic N) is 2. The molecule has 4 nitrogen and oxygen atoms in total. The van der Waals surface area contributed by atoms with Crippen molar-refractivity contribution in [1.82, 2.24) is 9.78 Å². The summed E-state index contributed by atoms with van der Waals surface area (Å²) < 4.78 is 7.15. The molecule has 88 valence electrons. The molecule has 0 aliphatic heterocycles. The van der Waals surface area contributed by atoms with E-state index < -0.39 is 5.60 Å². The van der Waals surface area contributed by atoms with Crippen LogP contribution in [0.15, 0.2) is 12.3 Å². The van der Waals surface area contributed by atoms with Crippen molar-refractivity contribution in [3.8, 4) is 0 Å². The summed E-state index contributed by atoms with van der Waals surface area (Å²) in [6.45, 7) is 0. The number of aromatic nitrogens is 2. The number of hydrogen-bond acceptors (Lipinski definition) is 3. The highest BCUT2D eigenvalue weighted by Crippen LogP contribution is 2.33. The molecule has 1 saturated carbocycles. The Morgan fingerprint density at radius 3 is 2.62 bits per heavy atom. The first-order chi connectivity index (χ1) is 7.69. The van der Waals surface area contributed by atoms with Crippen molar-refractivity contribution in [2.45, 2.75) is 37.7 Å². The molecule has 1 aromatic heterocycles. The number of methoxy groups -OCH3 is 1. The quantitative estimate of drug-likeness (QED) is 0.734. The number of rotatable bonds is 3. The molecule has 2 rings (SSSR count). The third-order valence-corrected chi connectivity index (χ3v) is 3.52. The van der Waals surface area contributed by atoms with Crippen LogP contribution in [-0.4, -0.2) is 28.3 Å². The fourth-order valence-corrected chi connectivity index (χ4v) is 2.48. The molecule has 1 fully saturated rings. The summed E-state index contributed by atoms with van der Waals surface area (Å²) in [7, 11) is 3.43. The van der Waals surface area contributed by atoms with Crippen LogP contribution < -0.4 is 0 Å². The van der Waals surface area contributed by atoms with Gasteiger partial charge in [0, 0.05) is 20.4 Å². The van der Waals surface area contributed by atoms with Crippen LogP contribution in [0.1, 0.15) is 42.6 Å². The molecule has 0 amide bonds. The molecule has 0 aromatic carbocycles. The number of aryl methyl sites for hydroxylation is 1. The summed E-state index contributed by atoms with van der Waals surface area (Å²) >= 11 is 0. The Bertz CT molecular complexity index is 378. The molecule has 0 atom stereocenters. The third-order valence-electron chi connectivity index (χ3n) is 3.52. The fourth-order valence-electron chi connectivity index (χ4n) is 2.48. The van der Waals surface area contributed by atoms with Gasteiger partial charge in [-0.25, -0.2) is 0 Å². The number of carbonyl (C=O) groups is 1. The summed E-state index contributed by atoms with van der Waals surface area (Å²) in [6, 6.07) is 1.76. The van der Waals surface area contributed by atoms with Crippen molar-refractivity contribution in [3.05, 3.63) is 18.0 Å². The Morgan fingerprint density at radius 2 is 2.12 bits per heavy atom. The van der Waals surface area contributed by atoms with E-state index in [9.17, 15) is 4.79 Å². The van der Waals surface area contributed by atoms with Crippen LogP contribution in [0.25, 0.3) is 0 Å². The second kappa shape index (κ2) is 4.37. The molecule has 16 heavy (non-hydrogen) atoms. The van der Waals surface area contributed by atoms with E-state index in [1.54, 1.807) is 31.1 Å². The van der Waals surface area contributed by atoms with Crippen LogP contribution in [0.2, 0.25) is 0 Å². The summed E-state index contributed by atoms with van der Waals surface area (Å²) in [5.74, 6) is 0.0784. The third kappa shape index (κ3) is 1.78. The van der Waals surface area contributed by atoms with Crippen LogP contribution in [0.5, 0.6) is 0 Å². The van der Waals surface area contributed by atoms with Gasteiger partial charge in [0.25, 0.3) is 0 Å². The van der Waals surface area contributed by atoms with E-state index in [2.05, 4.69) is 5.10 Å². The summed E-state index contributed by atoms with van der Waals surface area (Å²) in [5, 5.41) is 4.04. The van der Waals surface area contributed by atoms with E-state index >= 15 is 0 Å². The van der Waals surface area contributed by atoms with E-state index in [0.29, 0.717) is 5.69 Å². The van der Waals surface area contributed by atoms with Crippen molar-refractivity contribution in [2.75, 3.05) is 7.11 Å². The van der Waals surface area contributed by atoms with Gasteiger partial charge in [-0.3, -0.25) is 9.48 Å². The molecule has 4 heteroatoms. The van der Waals surface area contributed by atoms with Gasteiger partial charge in [-0.1, -0.05) is 19.3 Å². The largest absolute Gasteiger partial charge is 0.370 e. The van der Waals surface area contributed by atoms with E-state index in [0.717, 1.165) is 25.7 Å². The van der Waals surface area contributed by atoms with E-state index in [-0.39, 0.29) is 5.78 Å². The molecule has 0 unspecified atom stereocenters. The van der Waals surface area contributed by atoms with Gasteiger partial charge in [0.1, 0.15) is 11.3 Å². The molecule has 0 saturated heterocycles. The molecule has 1 aliphatic carbocycles. The highest BCUT2D eigenvalue weighted by molar-refractivity contribution is 6.01. The maximum Gasteiger partial charge on any atom is 0.212 e. The lowest BCUT2D eigenvalue weighted by Gasteiger charge is -2.34. The Labute approximate surface area is 95.6 Å². The average Bonchev–Trinajstić information content (AvgIpc) is 2.75. The Kier molecular flexibility index (Phi) is 3.10. The summed E-state index contributed by atoms with van der Waals surface area (Å²) in [6.07, 6.45) is 6.64. The molecule has 0 N–H and O–H groups in total. The number of carbonyl (C=O) groups excluding carboxylic acids is 1. The molecule has 0 radical (unpaired) electrons. The van der Waals surface area contributed by atoms with E-state index in [1.807, 2.05) is 0 Å². The maximum absolute atomic E-state index is 12.4. The first kappa shape index (κ1) is 11.3. The molecule has 1 heterocycles. The monoisotopic (exact) mass is 222 g/mol. The smallest absolute Gasteiger partial charge is 0.212 e. The maximum atomic E-state index is 12.4. The Morgan fingerprint density at radius 1 is 1.44 bits per heavy atom. The zero-order chi connectivity index (χ0) is 11.6. The highest BCUT2D eigenvalue weighted by atomic mass is 16.5. The van der Waals surface area contributed by atoms with Gasteiger partial charge in [-0.2, -0.15) is 5.10 Å². The van der Waals surface area contributed by atoms with Gasteiger partial charge in [-0.05, 0) is 18.9 Å². The summed E-state index contributed by atoms with van der Waals surface area (Å²) in [5.41, 5.74) is 0.0372. The van der Waals surface area contributed by atoms with Gasteiger partial charge >= 0.3 is 0 Å². The second-order valence-electron chi connectivity index (χ2n) is 4.43. The number of ketones is 1. The fraction of sp³-hybridized carbons (Fsp3) is 0.667. The Hall–Kier alpha value is -1.16. The minimum Gasteiger partial charge on any atom is -0.370 e. The van der Waals surface area contributed by atoms with Crippen LogP contribution in [-0.2, 0) is 11.8 Å². The van der Waals surface area contributed by atoms with E-state index in [4.69, 9.17) is 4.74 Å². The molecular formula is C12H18N2O2. The van der Waals surface area contributed by atoms with Crippen molar-refractivity contribution < 1.29 is 9.53 Å². The molecular weight excluding hydrogens is 204 g/mol. The predicted molar refractivity (Wildman–Crippen MR) is 60.4 cm³/mol. The zero-order valence-corrected chi connectivity index (χ0v) is 9.90. The van der Waals surface area contributed by atoms with Crippen molar-refractivity contribution in [2.24, 2.45) is 7.05 Å². The standard InChI is InChI=1S/C12H18N2O2/c1-14-10(6-9-13-14)11(15)12(16-2)7-4-3-5-8-12/h6,9H,3-5,7-8H2,1-2H3. The lowest BCUT2D eigenvalue weighted by atomic mass is 9.80. The minimum absolute atomic E-state index is 0.0784. The highest BCUT2D eigenvalue weighted by Gasteiger charge is 2.41. The van der Waals surface area contributed by atoms with Crippen molar-refractivity contribution >= 4 is 5.78 Å². The zero-order valence-electron chi connectivity index (χ0n) is 9.90. The topological polar surface area (TPSA) is 44.1 Å². The lowest BCUT2D eigenvalue weighted by Crippen LogP contribution is -2.43. The first-order valence-corrected chi connectivity index (χ1v) is 5.77. The van der Waals surface area contributed by atoms with Gasteiger partial charge in [0.05, 0.1) is 0 Å². The molecule has 0 bridgehead atoms. The van der Waals surface area contributed by atoms with Crippen LogP contribution in [0.3, 0.4) is 0 Å². The summed E-state index contributed by atoms with van der Waals surface area (Å²) in [4.78, 5) is 12.4. The second-order valence-corrected chi connectivity index (χ2v) is 4.43. The van der Waals surface area contributed by atoms with Crippen LogP contribution >= 0.6 is 0 Å². The minimum atomic E-state index is -0.605. The first-order valence-electron chi connectivity index (χ1n) is 5.77. The number of ether oxygens (including phenoxy) is 1. The SMILES string of the molecule is COC1(C(=O)c2ccnn2C)CCCCC1. The number of hydrogen-bond donors (Lipinski definition) is 0. The lowest BCUT2D eigenvalue weighted by molar-refractivity contribution is -0.0200. The van der Waals surface area contributed by atoms with Crippen LogP contribution in [0, 0.1) is 0 Å².